The van der Waals surface area contributed by atoms with Crippen molar-refractivity contribution in [2.24, 2.45) is 0 Å². The molecule has 12 heavy (non-hydrogen) atoms. The second-order valence-corrected chi connectivity index (χ2v) is 8.29. The SMILES string of the molecule is CCCCCCC.C[CH2][Al]([Cl])[Cl]. The molecular formula is C9H21AlCl2. The van der Waals surface area contributed by atoms with Crippen LogP contribution < -0.4 is 0 Å². The molecule has 0 radical (unpaired) electrons. The summed E-state index contributed by atoms with van der Waals surface area (Å²) in [5.74, 6) is 0. The van der Waals surface area contributed by atoms with E-state index in [1.165, 1.54) is 32.1 Å². The molecule has 3 heteroatoms. The van der Waals surface area contributed by atoms with E-state index in [2.05, 4.69) is 13.8 Å². The molecule has 0 unspecified atom stereocenters. The van der Waals surface area contributed by atoms with Gasteiger partial charge in [0.25, 0.3) is 0 Å². The zero-order valence-electron chi connectivity index (χ0n) is 8.58. The van der Waals surface area contributed by atoms with Gasteiger partial charge in [0.05, 0.1) is 0 Å². The Labute approximate surface area is 90.4 Å². The average Bonchev–Trinajstić information content (AvgIpc) is 2.07. The maximum Gasteiger partial charge on any atom is 0.519 e. The third kappa shape index (κ3) is 22.5. The van der Waals surface area contributed by atoms with Gasteiger partial charge in [0, 0.05) is 0 Å². The first-order chi connectivity index (χ1) is 5.68. The van der Waals surface area contributed by atoms with Crippen LogP contribution in [0.25, 0.3) is 0 Å². The zero-order valence-corrected chi connectivity index (χ0v) is 11.2. The Kier molecular flexibility index (Phi) is 19.0. The molecule has 0 saturated heterocycles. The van der Waals surface area contributed by atoms with E-state index in [0.29, 0.717) is 0 Å². The molecule has 0 aliphatic heterocycles. The van der Waals surface area contributed by atoms with E-state index < -0.39 is 12.3 Å². The van der Waals surface area contributed by atoms with Crippen molar-refractivity contribution in [1.82, 2.24) is 0 Å². The van der Waals surface area contributed by atoms with Crippen molar-refractivity contribution in [3.63, 3.8) is 0 Å². The zero-order chi connectivity index (χ0) is 9.82. The van der Waals surface area contributed by atoms with Gasteiger partial charge >= 0.3 is 12.3 Å². The van der Waals surface area contributed by atoms with Crippen LogP contribution >= 0.6 is 20.1 Å². The maximum absolute atomic E-state index is 5.37. The van der Waals surface area contributed by atoms with E-state index in [0.717, 1.165) is 5.28 Å². The predicted octanol–water partition coefficient (Wildman–Crippen LogP) is 4.95. The van der Waals surface area contributed by atoms with Gasteiger partial charge in [0.1, 0.15) is 0 Å². The molecule has 0 heterocycles. The summed E-state index contributed by atoms with van der Waals surface area (Å²) in [6.07, 6.45) is 7.01. The second kappa shape index (κ2) is 14.6. The van der Waals surface area contributed by atoms with Crippen LogP contribution in [0.5, 0.6) is 0 Å². The first kappa shape index (κ1) is 15.6. The molecule has 0 spiro atoms. The Morgan fingerprint density at radius 1 is 0.833 bits per heavy atom. The predicted molar refractivity (Wildman–Crippen MR) is 62.4 cm³/mol. The van der Waals surface area contributed by atoms with Crippen LogP contribution in [0.3, 0.4) is 0 Å². The van der Waals surface area contributed by atoms with Gasteiger partial charge in [0.15, 0.2) is 0 Å². The highest BCUT2D eigenvalue weighted by Crippen LogP contribution is 2.00. The largest absolute Gasteiger partial charge is 0.519 e. The number of hydrogen-bond acceptors (Lipinski definition) is 0. The first-order valence-corrected chi connectivity index (χ1v) is 9.27. The lowest BCUT2D eigenvalue weighted by atomic mass is 10.2. The molecular weight excluding hydrogens is 206 g/mol. The van der Waals surface area contributed by atoms with Gasteiger partial charge in [-0.05, 0) is 0 Å². The van der Waals surface area contributed by atoms with Crippen LogP contribution in [0, 0.1) is 0 Å². The van der Waals surface area contributed by atoms with Gasteiger partial charge in [-0.1, -0.05) is 58.2 Å². The summed E-state index contributed by atoms with van der Waals surface area (Å²) in [5.41, 5.74) is 0. The van der Waals surface area contributed by atoms with E-state index in [1.54, 1.807) is 0 Å². The minimum atomic E-state index is -1.21. The second-order valence-electron chi connectivity index (χ2n) is 2.86. The molecule has 0 atom stereocenters. The molecule has 0 rings (SSSR count). The van der Waals surface area contributed by atoms with E-state index in [1.807, 2.05) is 6.92 Å². The van der Waals surface area contributed by atoms with Crippen molar-refractivity contribution in [1.29, 1.82) is 0 Å². The highest BCUT2D eigenvalue weighted by molar-refractivity contribution is 7.33. The molecule has 0 aromatic heterocycles. The van der Waals surface area contributed by atoms with E-state index >= 15 is 0 Å². The van der Waals surface area contributed by atoms with E-state index in [-0.39, 0.29) is 0 Å². The number of rotatable bonds is 5. The van der Waals surface area contributed by atoms with Crippen molar-refractivity contribution in [2.45, 2.75) is 58.2 Å². The summed E-state index contributed by atoms with van der Waals surface area (Å²) in [6.45, 7) is 6.49. The normalized spacial score (nSPS) is 8.75. The topological polar surface area (TPSA) is 0 Å². The van der Waals surface area contributed by atoms with E-state index in [4.69, 9.17) is 20.1 Å². The monoisotopic (exact) mass is 226 g/mol. The summed E-state index contributed by atoms with van der Waals surface area (Å²) in [7, 11) is 10.7. The number of unbranched alkanes of at least 4 members (excludes halogenated alkanes) is 4. The average molecular weight is 227 g/mol. The van der Waals surface area contributed by atoms with Crippen LogP contribution in [0.2, 0.25) is 5.28 Å². The Balaban J connectivity index is 0. The molecule has 0 bridgehead atoms. The van der Waals surface area contributed by atoms with Gasteiger partial charge < -0.3 is 0 Å². The quantitative estimate of drug-likeness (QED) is 0.460. The highest BCUT2D eigenvalue weighted by Gasteiger charge is 2.03. The Morgan fingerprint density at radius 3 is 1.33 bits per heavy atom. The Hall–Kier alpha value is 1.11. The maximum atomic E-state index is 5.37. The van der Waals surface area contributed by atoms with Crippen LogP contribution in [-0.2, 0) is 0 Å². The molecule has 0 N–H and O–H groups in total. The van der Waals surface area contributed by atoms with Crippen LogP contribution in [0.1, 0.15) is 52.9 Å². The van der Waals surface area contributed by atoms with Crippen LogP contribution in [0.4, 0.5) is 0 Å². The van der Waals surface area contributed by atoms with Crippen molar-refractivity contribution in [3.05, 3.63) is 0 Å². The Morgan fingerprint density at radius 2 is 1.17 bits per heavy atom. The third-order valence-electron chi connectivity index (χ3n) is 1.52. The molecule has 74 valence electrons. The van der Waals surface area contributed by atoms with Crippen molar-refractivity contribution in [3.8, 4) is 0 Å². The first-order valence-electron chi connectivity index (χ1n) is 4.97. The van der Waals surface area contributed by atoms with Crippen molar-refractivity contribution >= 4 is 32.4 Å². The molecule has 0 aromatic carbocycles. The fourth-order valence-electron chi connectivity index (χ4n) is 0.677. The fraction of sp³-hybridized carbons (Fsp3) is 1.00. The van der Waals surface area contributed by atoms with Gasteiger partial charge in [-0.25, -0.2) is 20.1 Å². The summed E-state index contributed by atoms with van der Waals surface area (Å²) >= 11 is -1.21. The van der Waals surface area contributed by atoms with Crippen LogP contribution in [0.15, 0.2) is 0 Å². The lowest BCUT2D eigenvalue weighted by molar-refractivity contribution is 0.656. The van der Waals surface area contributed by atoms with Gasteiger partial charge in [-0.2, -0.15) is 0 Å². The van der Waals surface area contributed by atoms with E-state index in [9.17, 15) is 0 Å². The third-order valence-corrected chi connectivity index (χ3v) is 3.98. The summed E-state index contributed by atoms with van der Waals surface area (Å²) in [4.78, 5) is 0. The minimum Gasteiger partial charge on any atom is -0.234 e. The summed E-state index contributed by atoms with van der Waals surface area (Å²) < 4.78 is 0. The highest BCUT2D eigenvalue weighted by atomic mass is 35.7. The van der Waals surface area contributed by atoms with Crippen molar-refractivity contribution in [2.75, 3.05) is 0 Å². The van der Waals surface area contributed by atoms with Gasteiger partial charge in [-0.15, -0.1) is 0 Å². The number of hydrogen-bond donors (Lipinski definition) is 0. The standard InChI is InChI=1S/C7H16.C2H5.Al.2ClH/c1-3-5-7-6-4-2;1-2;;;/h3-7H2,1-2H3;1H2,2H3;;2*1H/q;;+2;;/p-2. The van der Waals surface area contributed by atoms with Crippen molar-refractivity contribution < 1.29 is 0 Å². The molecule has 0 aliphatic carbocycles. The lowest BCUT2D eigenvalue weighted by Gasteiger charge is -1.90. The molecule has 0 aromatic rings. The fourth-order valence-corrected chi connectivity index (χ4v) is 0.677. The lowest BCUT2D eigenvalue weighted by Crippen LogP contribution is -1.83. The summed E-state index contributed by atoms with van der Waals surface area (Å²) in [5, 5.41) is 0.975. The molecule has 0 fully saturated rings. The van der Waals surface area contributed by atoms with Crippen LogP contribution in [-0.4, -0.2) is 12.3 Å². The van der Waals surface area contributed by atoms with Gasteiger partial charge in [-0.3, -0.25) is 0 Å². The Bertz CT molecular complexity index is 63.5. The van der Waals surface area contributed by atoms with Gasteiger partial charge in [0.2, 0.25) is 0 Å². The molecule has 0 aliphatic rings. The molecule has 0 amide bonds. The number of halogens is 2. The summed E-state index contributed by atoms with van der Waals surface area (Å²) in [6, 6.07) is 0. The minimum absolute atomic E-state index is 0.975. The smallest absolute Gasteiger partial charge is 0.234 e. The molecule has 0 saturated carbocycles. The molecule has 0 nitrogen and oxygen atoms in total.